The van der Waals surface area contributed by atoms with Gasteiger partial charge in [-0.1, -0.05) is 12.1 Å². The summed E-state index contributed by atoms with van der Waals surface area (Å²) < 4.78 is 0. The number of hydrazone groups is 1. The molecule has 0 spiro atoms. The molecule has 0 saturated carbocycles. The number of hydrazine groups is 1. The molecule has 0 saturated heterocycles. The molecular formula is C10H12N4O. The minimum Gasteiger partial charge on any atom is -0.324 e. The molecule has 5 nitrogen and oxygen atoms in total. The largest absolute Gasteiger partial charge is 0.324 e. The number of nitrogens with two attached hydrogens (primary N) is 1. The van der Waals surface area contributed by atoms with Gasteiger partial charge in [-0.05, 0) is 17.7 Å². The van der Waals surface area contributed by atoms with Crippen LogP contribution >= 0.6 is 0 Å². The van der Waals surface area contributed by atoms with Crippen LogP contribution in [-0.2, 0) is 4.79 Å². The minimum absolute atomic E-state index is 0.0287. The Morgan fingerprint density at radius 2 is 2.00 bits per heavy atom. The number of nitrogens with zero attached hydrogens (tertiary/aromatic N) is 1. The van der Waals surface area contributed by atoms with Gasteiger partial charge in [0, 0.05) is 18.5 Å². The zero-order valence-corrected chi connectivity index (χ0v) is 8.16. The smallest absolute Gasteiger partial charge is 0.240 e. The van der Waals surface area contributed by atoms with Crippen molar-refractivity contribution in [1.29, 1.82) is 0 Å². The highest BCUT2D eigenvalue weighted by Crippen LogP contribution is 2.13. The van der Waals surface area contributed by atoms with E-state index in [1.165, 1.54) is 0 Å². The summed E-state index contributed by atoms with van der Waals surface area (Å²) in [7, 11) is 0. The Morgan fingerprint density at radius 3 is 2.53 bits per heavy atom. The summed E-state index contributed by atoms with van der Waals surface area (Å²) in [4.78, 5) is 10.9. The number of nitrogen functional groups attached to an aromatic ring is 1. The van der Waals surface area contributed by atoms with E-state index in [2.05, 4.69) is 16.0 Å². The maximum absolute atomic E-state index is 10.9. The van der Waals surface area contributed by atoms with Gasteiger partial charge in [0.1, 0.15) is 0 Å². The first kappa shape index (κ1) is 9.67. The molecule has 2 rings (SSSR count). The van der Waals surface area contributed by atoms with E-state index < -0.39 is 0 Å². The number of anilines is 1. The fraction of sp³-hybridized carbons (Fsp3) is 0.200. The van der Waals surface area contributed by atoms with Crippen LogP contribution in [0.5, 0.6) is 0 Å². The zero-order valence-electron chi connectivity index (χ0n) is 8.16. The first-order valence-corrected chi connectivity index (χ1v) is 4.72. The molecule has 1 amide bonds. The Morgan fingerprint density at radius 1 is 1.27 bits per heavy atom. The summed E-state index contributed by atoms with van der Waals surface area (Å²) in [6, 6.07) is 7.58. The number of benzene rings is 1. The molecular weight excluding hydrogens is 192 g/mol. The van der Waals surface area contributed by atoms with Gasteiger partial charge in [0.2, 0.25) is 5.91 Å². The third-order valence-corrected chi connectivity index (χ3v) is 2.29. The summed E-state index contributed by atoms with van der Waals surface area (Å²) in [5.74, 6) is 5.23. The molecule has 1 aliphatic heterocycles. The number of hydrogen-bond donors (Lipinski definition) is 3. The third-order valence-electron chi connectivity index (χ3n) is 2.29. The summed E-state index contributed by atoms with van der Waals surface area (Å²) in [5.41, 5.74) is 7.78. The normalized spacial score (nSPS) is 15.5. The topological polar surface area (TPSA) is 79.5 Å². The van der Waals surface area contributed by atoms with Crippen molar-refractivity contribution in [2.24, 2.45) is 10.9 Å². The second-order valence-electron chi connectivity index (χ2n) is 3.32. The molecule has 5 heteroatoms. The average molecular weight is 204 g/mol. The Bertz CT molecular complexity index is 396. The van der Waals surface area contributed by atoms with Crippen molar-refractivity contribution in [3.8, 4) is 0 Å². The van der Waals surface area contributed by atoms with Crippen molar-refractivity contribution in [2.75, 3.05) is 5.43 Å². The molecule has 78 valence electrons. The molecule has 4 N–H and O–H groups in total. The van der Waals surface area contributed by atoms with Crippen molar-refractivity contribution < 1.29 is 4.79 Å². The van der Waals surface area contributed by atoms with E-state index in [4.69, 9.17) is 5.84 Å². The third kappa shape index (κ3) is 2.13. The second kappa shape index (κ2) is 4.10. The Balaban J connectivity index is 2.19. The number of amides is 1. The lowest BCUT2D eigenvalue weighted by Crippen LogP contribution is -2.25. The number of carbonyl (C=O) groups is 1. The van der Waals surface area contributed by atoms with Crippen LogP contribution in [0.1, 0.15) is 18.4 Å². The molecule has 1 aromatic carbocycles. The molecule has 0 aliphatic carbocycles. The fourth-order valence-corrected chi connectivity index (χ4v) is 1.44. The van der Waals surface area contributed by atoms with Crippen LogP contribution in [0.25, 0.3) is 0 Å². The molecule has 0 atom stereocenters. The maximum atomic E-state index is 10.9. The first-order chi connectivity index (χ1) is 7.29. The lowest BCUT2D eigenvalue weighted by Gasteiger charge is -2.12. The van der Waals surface area contributed by atoms with Crippen LogP contribution in [-0.4, -0.2) is 11.6 Å². The predicted octanol–water partition coefficient (Wildman–Crippen LogP) is 0.586. The van der Waals surface area contributed by atoms with E-state index in [1.807, 2.05) is 24.3 Å². The Hall–Kier alpha value is -1.88. The quantitative estimate of drug-likeness (QED) is 0.487. The van der Waals surface area contributed by atoms with Crippen molar-refractivity contribution >= 4 is 17.3 Å². The zero-order chi connectivity index (χ0) is 10.7. The highest BCUT2D eigenvalue weighted by atomic mass is 16.2. The monoisotopic (exact) mass is 204 g/mol. The standard InChI is InChI=1S/C10H12N4O/c11-12-8-3-1-7(2-4-8)9-5-6-10(15)14-13-9/h1-4,12H,5-6,11H2,(H,14,15). The van der Waals surface area contributed by atoms with E-state index in [-0.39, 0.29) is 5.91 Å². The van der Waals surface area contributed by atoms with Crippen molar-refractivity contribution in [3.63, 3.8) is 0 Å². The lowest BCUT2D eigenvalue weighted by atomic mass is 10.0. The molecule has 1 aromatic rings. The number of hydrogen-bond acceptors (Lipinski definition) is 4. The minimum atomic E-state index is -0.0287. The lowest BCUT2D eigenvalue weighted by molar-refractivity contribution is -0.121. The van der Waals surface area contributed by atoms with Gasteiger partial charge in [0.05, 0.1) is 5.71 Å². The Kier molecular flexibility index (Phi) is 2.64. The van der Waals surface area contributed by atoms with Crippen LogP contribution in [0, 0.1) is 0 Å². The van der Waals surface area contributed by atoms with Crippen molar-refractivity contribution in [2.45, 2.75) is 12.8 Å². The summed E-state index contributed by atoms with van der Waals surface area (Å²) in [6.45, 7) is 0. The van der Waals surface area contributed by atoms with Crippen molar-refractivity contribution in [3.05, 3.63) is 29.8 Å². The molecule has 0 aromatic heterocycles. The molecule has 0 radical (unpaired) electrons. The maximum Gasteiger partial charge on any atom is 0.240 e. The van der Waals surface area contributed by atoms with Gasteiger partial charge in [-0.2, -0.15) is 5.10 Å². The summed E-state index contributed by atoms with van der Waals surface area (Å²) >= 11 is 0. The van der Waals surface area contributed by atoms with Crippen LogP contribution in [0.4, 0.5) is 5.69 Å². The van der Waals surface area contributed by atoms with Gasteiger partial charge >= 0.3 is 0 Å². The van der Waals surface area contributed by atoms with Crippen LogP contribution in [0.2, 0.25) is 0 Å². The summed E-state index contributed by atoms with van der Waals surface area (Å²) in [5, 5.41) is 4.00. The molecule has 1 aliphatic rings. The van der Waals surface area contributed by atoms with Gasteiger partial charge in [-0.25, -0.2) is 5.43 Å². The summed E-state index contributed by atoms with van der Waals surface area (Å²) in [6.07, 6.45) is 1.18. The number of carbonyl (C=O) groups excluding carboxylic acids is 1. The number of nitrogens with one attached hydrogen (secondary N) is 2. The van der Waals surface area contributed by atoms with Gasteiger partial charge < -0.3 is 5.43 Å². The molecule has 0 bridgehead atoms. The van der Waals surface area contributed by atoms with E-state index >= 15 is 0 Å². The van der Waals surface area contributed by atoms with Gasteiger partial charge in [0.25, 0.3) is 0 Å². The van der Waals surface area contributed by atoms with E-state index in [0.29, 0.717) is 12.8 Å². The second-order valence-corrected chi connectivity index (χ2v) is 3.32. The average Bonchev–Trinajstić information content (AvgIpc) is 2.30. The highest BCUT2D eigenvalue weighted by Gasteiger charge is 2.12. The van der Waals surface area contributed by atoms with Crippen LogP contribution < -0.4 is 16.7 Å². The van der Waals surface area contributed by atoms with Crippen LogP contribution in [0.15, 0.2) is 29.4 Å². The molecule has 0 fully saturated rings. The first-order valence-electron chi connectivity index (χ1n) is 4.72. The highest BCUT2D eigenvalue weighted by molar-refractivity contribution is 6.04. The predicted molar refractivity (Wildman–Crippen MR) is 58.2 cm³/mol. The molecule has 0 unspecified atom stereocenters. The van der Waals surface area contributed by atoms with E-state index in [1.54, 1.807) is 0 Å². The fourth-order valence-electron chi connectivity index (χ4n) is 1.44. The van der Waals surface area contributed by atoms with Gasteiger partial charge in [-0.15, -0.1) is 0 Å². The van der Waals surface area contributed by atoms with E-state index in [0.717, 1.165) is 17.0 Å². The van der Waals surface area contributed by atoms with Crippen LogP contribution in [0.3, 0.4) is 0 Å². The SMILES string of the molecule is NNc1ccc(C2=NNC(=O)CC2)cc1. The Labute approximate surface area is 87.3 Å². The van der Waals surface area contributed by atoms with Crippen molar-refractivity contribution in [1.82, 2.24) is 5.43 Å². The van der Waals surface area contributed by atoms with E-state index in [9.17, 15) is 4.79 Å². The van der Waals surface area contributed by atoms with Gasteiger partial charge in [0.15, 0.2) is 0 Å². The van der Waals surface area contributed by atoms with Gasteiger partial charge in [-0.3, -0.25) is 10.6 Å². The molecule has 15 heavy (non-hydrogen) atoms. The molecule has 1 heterocycles. The number of rotatable bonds is 2.